The van der Waals surface area contributed by atoms with Crippen LogP contribution in [0, 0.1) is 0 Å². The number of benzene rings is 2. The Morgan fingerprint density at radius 3 is 2.59 bits per heavy atom. The molecule has 0 radical (unpaired) electrons. The first-order chi connectivity index (χ1) is 12.9. The van der Waals surface area contributed by atoms with Gasteiger partial charge in [-0.2, -0.15) is 0 Å². The van der Waals surface area contributed by atoms with Crippen molar-refractivity contribution in [3.05, 3.63) is 54.1 Å². The van der Waals surface area contributed by atoms with E-state index in [-0.39, 0.29) is 24.4 Å². The summed E-state index contributed by atoms with van der Waals surface area (Å²) in [5, 5.41) is 5.39. The van der Waals surface area contributed by atoms with Gasteiger partial charge in [0.05, 0.1) is 17.5 Å². The molecule has 0 saturated heterocycles. The van der Waals surface area contributed by atoms with Crippen molar-refractivity contribution in [3.63, 3.8) is 0 Å². The highest BCUT2D eigenvalue weighted by atomic mass is 32.2. The number of nitrogens with two attached hydrogens (primary N) is 1. The molecule has 0 fully saturated rings. The van der Waals surface area contributed by atoms with E-state index >= 15 is 0 Å². The van der Waals surface area contributed by atoms with Gasteiger partial charge in [-0.15, -0.1) is 11.8 Å². The summed E-state index contributed by atoms with van der Waals surface area (Å²) < 4.78 is 0. The Kier molecular flexibility index (Phi) is 5.66. The van der Waals surface area contributed by atoms with Gasteiger partial charge in [0.1, 0.15) is 6.54 Å². The fraction of sp³-hybridized carbons (Fsp3) is 0.211. The van der Waals surface area contributed by atoms with Gasteiger partial charge >= 0.3 is 6.03 Å². The summed E-state index contributed by atoms with van der Waals surface area (Å²) in [4.78, 5) is 38.1. The van der Waals surface area contributed by atoms with Gasteiger partial charge in [0.2, 0.25) is 11.8 Å². The zero-order valence-electron chi connectivity index (χ0n) is 14.8. The molecule has 0 bridgehead atoms. The van der Waals surface area contributed by atoms with Gasteiger partial charge in [-0.25, -0.2) is 4.79 Å². The number of primary amides is 1. The van der Waals surface area contributed by atoms with E-state index in [1.165, 1.54) is 16.7 Å². The molecule has 1 aliphatic rings. The van der Waals surface area contributed by atoms with E-state index in [1.54, 1.807) is 24.3 Å². The summed E-state index contributed by atoms with van der Waals surface area (Å²) in [7, 11) is 0. The van der Waals surface area contributed by atoms with Crippen LogP contribution in [0.5, 0.6) is 0 Å². The molecule has 4 amide bonds. The molecule has 2 aromatic carbocycles. The predicted molar refractivity (Wildman–Crippen MR) is 106 cm³/mol. The number of carbonyl (C=O) groups excluding carboxylic acids is 3. The first kappa shape index (κ1) is 18.8. The zero-order valence-corrected chi connectivity index (χ0v) is 15.6. The van der Waals surface area contributed by atoms with Crippen LogP contribution in [0.2, 0.25) is 0 Å². The Morgan fingerprint density at radius 2 is 1.89 bits per heavy atom. The molecule has 140 valence electrons. The number of hydrogen-bond acceptors (Lipinski definition) is 4. The molecule has 4 N–H and O–H groups in total. The minimum atomic E-state index is -0.631. The number of carbonyl (C=O) groups is 3. The summed E-state index contributed by atoms with van der Waals surface area (Å²) >= 11 is 1.48. The lowest BCUT2D eigenvalue weighted by Crippen LogP contribution is -2.43. The summed E-state index contributed by atoms with van der Waals surface area (Å²) in [5.41, 5.74) is 7.30. The van der Waals surface area contributed by atoms with E-state index in [0.717, 1.165) is 16.1 Å². The maximum Gasteiger partial charge on any atom is 0.316 e. The minimum Gasteiger partial charge on any atom is -0.351 e. The van der Waals surface area contributed by atoms with Gasteiger partial charge in [-0.3, -0.25) is 9.59 Å². The maximum absolute atomic E-state index is 12.5. The Labute approximate surface area is 161 Å². The number of anilines is 2. The Hall–Kier alpha value is -3.00. The van der Waals surface area contributed by atoms with E-state index in [2.05, 4.69) is 10.6 Å². The lowest BCUT2D eigenvalue weighted by molar-refractivity contribution is -0.123. The summed E-state index contributed by atoms with van der Waals surface area (Å²) in [5.74, 6) is 0.00836. The SMILES string of the molecule is CC(NC(=O)CN1C(=O)CSc2ccccc21)c1ccc(NC(N)=O)cc1. The molecule has 7 nitrogen and oxygen atoms in total. The van der Waals surface area contributed by atoms with E-state index in [0.29, 0.717) is 11.4 Å². The van der Waals surface area contributed by atoms with Crippen molar-refractivity contribution in [3.8, 4) is 0 Å². The zero-order chi connectivity index (χ0) is 19.4. The standard InChI is InChI=1S/C19H20N4O3S/c1-12(13-6-8-14(9-7-13)22-19(20)26)21-17(24)10-23-15-4-2-3-5-16(15)27-11-18(23)25/h2-9,12H,10-11H2,1H3,(H,21,24)(H3,20,22,26). The predicted octanol–water partition coefficient (Wildman–Crippen LogP) is 2.49. The van der Waals surface area contributed by atoms with Crippen molar-refractivity contribution in [2.24, 2.45) is 5.73 Å². The molecule has 0 saturated carbocycles. The average Bonchev–Trinajstić information content (AvgIpc) is 2.64. The second kappa shape index (κ2) is 8.13. The molecular weight excluding hydrogens is 364 g/mol. The molecular formula is C19H20N4O3S. The molecule has 8 heteroatoms. The third-order valence-corrected chi connectivity index (χ3v) is 5.21. The number of rotatable bonds is 5. The monoisotopic (exact) mass is 384 g/mol. The van der Waals surface area contributed by atoms with Crippen LogP contribution >= 0.6 is 11.8 Å². The van der Waals surface area contributed by atoms with Crippen LogP contribution in [0.15, 0.2) is 53.4 Å². The largest absolute Gasteiger partial charge is 0.351 e. The third kappa shape index (κ3) is 4.59. The lowest BCUT2D eigenvalue weighted by Gasteiger charge is -2.28. The topological polar surface area (TPSA) is 105 Å². The first-order valence-corrected chi connectivity index (χ1v) is 9.40. The molecule has 0 aromatic heterocycles. The van der Waals surface area contributed by atoms with Crippen molar-refractivity contribution in [2.75, 3.05) is 22.5 Å². The number of amides is 4. The number of nitrogens with zero attached hydrogens (tertiary/aromatic N) is 1. The van der Waals surface area contributed by atoms with Crippen LogP contribution in [-0.4, -0.2) is 30.1 Å². The Morgan fingerprint density at radius 1 is 1.19 bits per heavy atom. The van der Waals surface area contributed by atoms with Gasteiger partial charge < -0.3 is 21.3 Å². The molecule has 2 aromatic rings. The van der Waals surface area contributed by atoms with Crippen molar-refractivity contribution in [1.29, 1.82) is 0 Å². The normalized spacial score (nSPS) is 14.3. The highest BCUT2D eigenvalue weighted by molar-refractivity contribution is 8.00. The molecule has 1 atom stereocenters. The van der Waals surface area contributed by atoms with Gasteiger partial charge in [0, 0.05) is 10.6 Å². The number of thioether (sulfide) groups is 1. The summed E-state index contributed by atoms with van der Waals surface area (Å²) in [6.45, 7) is 1.83. The Balaban J connectivity index is 1.64. The quantitative estimate of drug-likeness (QED) is 0.736. The minimum absolute atomic E-state index is 0.0257. The van der Waals surface area contributed by atoms with Crippen LogP contribution < -0.4 is 21.3 Å². The fourth-order valence-corrected chi connectivity index (χ4v) is 3.77. The van der Waals surface area contributed by atoms with E-state index in [4.69, 9.17) is 5.73 Å². The smallest absolute Gasteiger partial charge is 0.316 e. The second-order valence-electron chi connectivity index (χ2n) is 6.14. The van der Waals surface area contributed by atoms with Crippen LogP contribution in [0.4, 0.5) is 16.2 Å². The number of fused-ring (bicyclic) bond motifs is 1. The molecule has 3 rings (SSSR count). The Bertz CT molecular complexity index is 870. The third-order valence-electron chi connectivity index (χ3n) is 4.17. The second-order valence-corrected chi connectivity index (χ2v) is 7.15. The van der Waals surface area contributed by atoms with Crippen molar-refractivity contribution in [1.82, 2.24) is 5.32 Å². The van der Waals surface area contributed by atoms with Crippen LogP contribution in [0.25, 0.3) is 0 Å². The molecule has 1 heterocycles. The maximum atomic E-state index is 12.5. The highest BCUT2D eigenvalue weighted by Crippen LogP contribution is 2.34. The van der Waals surface area contributed by atoms with Crippen LogP contribution in [-0.2, 0) is 9.59 Å². The van der Waals surface area contributed by atoms with E-state index in [1.807, 2.05) is 31.2 Å². The number of nitrogens with one attached hydrogen (secondary N) is 2. The average molecular weight is 384 g/mol. The summed E-state index contributed by atoms with van der Waals surface area (Å²) in [6, 6.07) is 13.7. The summed E-state index contributed by atoms with van der Waals surface area (Å²) in [6.07, 6.45) is 0. The van der Waals surface area contributed by atoms with E-state index < -0.39 is 6.03 Å². The number of hydrogen-bond donors (Lipinski definition) is 3. The lowest BCUT2D eigenvalue weighted by atomic mass is 10.1. The molecule has 0 spiro atoms. The van der Waals surface area contributed by atoms with Gasteiger partial charge in [0.15, 0.2) is 0 Å². The number of para-hydroxylation sites is 1. The fourth-order valence-electron chi connectivity index (χ4n) is 2.84. The first-order valence-electron chi connectivity index (χ1n) is 8.42. The highest BCUT2D eigenvalue weighted by Gasteiger charge is 2.26. The number of urea groups is 1. The van der Waals surface area contributed by atoms with Gasteiger partial charge in [-0.1, -0.05) is 24.3 Å². The molecule has 1 aliphatic heterocycles. The molecule has 1 unspecified atom stereocenters. The van der Waals surface area contributed by atoms with Crippen molar-refractivity contribution < 1.29 is 14.4 Å². The van der Waals surface area contributed by atoms with Crippen molar-refractivity contribution >= 4 is 41.0 Å². The molecule has 27 heavy (non-hydrogen) atoms. The van der Waals surface area contributed by atoms with Crippen LogP contribution in [0.3, 0.4) is 0 Å². The van der Waals surface area contributed by atoms with E-state index in [9.17, 15) is 14.4 Å². The van der Waals surface area contributed by atoms with Gasteiger partial charge in [0.25, 0.3) is 0 Å². The van der Waals surface area contributed by atoms with Gasteiger partial charge in [-0.05, 0) is 36.8 Å². The molecule has 0 aliphatic carbocycles. The van der Waals surface area contributed by atoms with Crippen molar-refractivity contribution in [2.45, 2.75) is 17.9 Å². The van der Waals surface area contributed by atoms with Crippen LogP contribution in [0.1, 0.15) is 18.5 Å².